The molecule has 1 aromatic heterocycles. The van der Waals surface area contributed by atoms with Gasteiger partial charge < -0.3 is 10.2 Å². The number of terminal acetylenes is 1. The van der Waals surface area contributed by atoms with Crippen LogP contribution in [0.2, 0.25) is 0 Å². The van der Waals surface area contributed by atoms with Crippen molar-refractivity contribution in [3.8, 4) is 18.2 Å². The van der Waals surface area contributed by atoms with E-state index >= 15 is 0 Å². The summed E-state index contributed by atoms with van der Waals surface area (Å²) in [5.74, 6) is 8.70. The number of hydrazine groups is 1. The molecule has 5 heteroatoms. The molecule has 0 fully saturated rings. The fourth-order valence-electron chi connectivity index (χ4n) is 1.07. The van der Waals surface area contributed by atoms with Crippen molar-refractivity contribution in [2.24, 2.45) is 5.84 Å². The molecular formula is C9H12N4O. The molecular weight excluding hydrogens is 180 g/mol. The second-order valence-electron chi connectivity index (χ2n) is 2.50. The molecule has 0 unspecified atom stereocenters. The topological polar surface area (TPSA) is 73.1 Å². The van der Waals surface area contributed by atoms with Crippen LogP contribution in [0.1, 0.15) is 12.5 Å². The van der Waals surface area contributed by atoms with E-state index in [0.717, 1.165) is 12.0 Å². The lowest BCUT2D eigenvalue weighted by Crippen LogP contribution is -2.12. The number of ether oxygens (including phenoxy) is 1. The quantitative estimate of drug-likeness (QED) is 0.409. The van der Waals surface area contributed by atoms with Gasteiger partial charge in [0, 0.05) is 0 Å². The van der Waals surface area contributed by atoms with E-state index in [0.29, 0.717) is 11.7 Å². The number of aromatic nitrogens is 2. The monoisotopic (exact) mass is 192 g/mol. The van der Waals surface area contributed by atoms with Crippen LogP contribution < -0.4 is 16.0 Å². The molecule has 0 amide bonds. The van der Waals surface area contributed by atoms with E-state index in [9.17, 15) is 0 Å². The van der Waals surface area contributed by atoms with Crippen LogP contribution in [0.15, 0.2) is 6.33 Å². The number of nitrogens with two attached hydrogens (primary N) is 1. The summed E-state index contributed by atoms with van der Waals surface area (Å²) in [6, 6.07) is 0. The minimum absolute atomic E-state index is 0.189. The zero-order chi connectivity index (χ0) is 10.4. The van der Waals surface area contributed by atoms with Crippen LogP contribution >= 0.6 is 0 Å². The molecule has 5 nitrogen and oxygen atoms in total. The van der Waals surface area contributed by atoms with Crippen molar-refractivity contribution in [2.45, 2.75) is 13.3 Å². The van der Waals surface area contributed by atoms with Crippen molar-refractivity contribution in [1.29, 1.82) is 0 Å². The lowest BCUT2D eigenvalue weighted by atomic mass is 10.2. The highest BCUT2D eigenvalue weighted by molar-refractivity contribution is 5.47. The molecule has 0 atom stereocenters. The fourth-order valence-corrected chi connectivity index (χ4v) is 1.07. The lowest BCUT2D eigenvalue weighted by molar-refractivity contribution is 0.351. The van der Waals surface area contributed by atoms with Crippen molar-refractivity contribution in [2.75, 3.05) is 12.0 Å². The summed E-state index contributed by atoms with van der Waals surface area (Å²) in [4.78, 5) is 7.93. The van der Waals surface area contributed by atoms with E-state index in [4.69, 9.17) is 17.0 Å². The Morgan fingerprint density at radius 1 is 1.64 bits per heavy atom. The molecule has 0 aliphatic heterocycles. The number of nitrogens with one attached hydrogen (secondary N) is 1. The third kappa shape index (κ3) is 2.12. The van der Waals surface area contributed by atoms with Crippen LogP contribution in [-0.2, 0) is 6.42 Å². The minimum atomic E-state index is 0.189. The largest absolute Gasteiger partial charge is 0.464 e. The molecule has 1 aromatic rings. The molecule has 0 radical (unpaired) electrons. The molecule has 1 rings (SSSR count). The van der Waals surface area contributed by atoms with E-state index in [1.807, 2.05) is 6.92 Å². The molecule has 0 aliphatic rings. The van der Waals surface area contributed by atoms with Crippen LogP contribution in [0.25, 0.3) is 0 Å². The zero-order valence-corrected chi connectivity index (χ0v) is 7.95. The predicted octanol–water partition coefficient (Wildman–Crippen LogP) is 0.337. The van der Waals surface area contributed by atoms with Gasteiger partial charge in [0.1, 0.15) is 12.1 Å². The summed E-state index contributed by atoms with van der Waals surface area (Å²) in [7, 11) is 0. The normalized spacial score (nSPS) is 9.21. The SMILES string of the molecule is C#CCOc1ncnc(NN)c1CC. The highest BCUT2D eigenvalue weighted by Crippen LogP contribution is 2.21. The Kier molecular flexibility index (Phi) is 3.70. The van der Waals surface area contributed by atoms with Crippen molar-refractivity contribution in [1.82, 2.24) is 9.97 Å². The first-order valence-corrected chi connectivity index (χ1v) is 4.20. The Hall–Kier alpha value is -1.80. The van der Waals surface area contributed by atoms with Gasteiger partial charge in [-0.1, -0.05) is 12.8 Å². The number of hydrogen-bond donors (Lipinski definition) is 2. The number of nitrogen functional groups attached to an aromatic ring is 1. The van der Waals surface area contributed by atoms with E-state index in [1.165, 1.54) is 6.33 Å². The summed E-state index contributed by atoms with van der Waals surface area (Å²) >= 11 is 0. The molecule has 3 N–H and O–H groups in total. The number of hydrogen-bond acceptors (Lipinski definition) is 5. The van der Waals surface area contributed by atoms with Crippen LogP contribution in [0.4, 0.5) is 5.82 Å². The smallest absolute Gasteiger partial charge is 0.222 e. The molecule has 74 valence electrons. The Morgan fingerprint density at radius 2 is 2.43 bits per heavy atom. The summed E-state index contributed by atoms with van der Waals surface area (Å²) < 4.78 is 5.24. The Morgan fingerprint density at radius 3 is 3.00 bits per heavy atom. The molecule has 14 heavy (non-hydrogen) atoms. The highest BCUT2D eigenvalue weighted by Gasteiger charge is 2.09. The van der Waals surface area contributed by atoms with Crippen LogP contribution in [0.3, 0.4) is 0 Å². The molecule has 0 spiro atoms. The molecule has 0 saturated heterocycles. The fraction of sp³-hybridized carbons (Fsp3) is 0.333. The van der Waals surface area contributed by atoms with Crippen molar-refractivity contribution in [3.63, 3.8) is 0 Å². The second kappa shape index (κ2) is 5.04. The number of rotatable bonds is 4. The van der Waals surface area contributed by atoms with E-state index in [1.54, 1.807) is 0 Å². The first-order chi connectivity index (χ1) is 6.83. The standard InChI is InChI=1S/C9H12N4O/c1-3-5-14-9-7(4-2)8(13-10)11-6-12-9/h1,6H,4-5,10H2,2H3,(H,11,12,13). The van der Waals surface area contributed by atoms with E-state index in [2.05, 4.69) is 21.3 Å². The maximum absolute atomic E-state index is 5.29. The van der Waals surface area contributed by atoms with Gasteiger partial charge in [-0.25, -0.2) is 15.8 Å². The first kappa shape index (κ1) is 10.3. The average molecular weight is 192 g/mol. The van der Waals surface area contributed by atoms with E-state index < -0.39 is 0 Å². The predicted molar refractivity (Wildman–Crippen MR) is 53.5 cm³/mol. The van der Waals surface area contributed by atoms with Gasteiger partial charge in [-0.05, 0) is 6.42 Å². The third-order valence-electron chi connectivity index (χ3n) is 1.69. The van der Waals surface area contributed by atoms with Gasteiger partial charge in [0.05, 0.1) is 5.56 Å². The Labute approximate surface area is 82.7 Å². The van der Waals surface area contributed by atoms with Crippen LogP contribution in [0.5, 0.6) is 5.88 Å². The maximum atomic E-state index is 5.29. The lowest BCUT2D eigenvalue weighted by Gasteiger charge is -2.09. The summed E-state index contributed by atoms with van der Waals surface area (Å²) in [6.07, 6.45) is 7.18. The highest BCUT2D eigenvalue weighted by atomic mass is 16.5. The molecule has 0 aliphatic carbocycles. The molecule has 0 aromatic carbocycles. The molecule has 0 bridgehead atoms. The zero-order valence-electron chi connectivity index (χ0n) is 7.95. The summed E-state index contributed by atoms with van der Waals surface area (Å²) in [5, 5.41) is 0. The maximum Gasteiger partial charge on any atom is 0.222 e. The van der Waals surface area contributed by atoms with Gasteiger partial charge in [-0.2, -0.15) is 0 Å². The van der Waals surface area contributed by atoms with Gasteiger partial charge in [-0.15, -0.1) is 6.42 Å². The Bertz CT molecular complexity index is 345. The van der Waals surface area contributed by atoms with Crippen LogP contribution in [-0.4, -0.2) is 16.6 Å². The second-order valence-corrected chi connectivity index (χ2v) is 2.50. The van der Waals surface area contributed by atoms with Gasteiger partial charge >= 0.3 is 0 Å². The average Bonchev–Trinajstić information content (AvgIpc) is 2.25. The van der Waals surface area contributed by atoms with Gasteiger partial charge in [0.15, 0.2) is 6.61 Å². The molecule has 0 saturated carbocycles. The summed E-state index contributed by atoms with van der Waals surface area (Å²) in [6.45, 7) is 2.15. The minimum Gasteiger partial charge on any atom is -0.464 e. The summed E-state index contributed by atoms with van der Waals surface area (Å²) in [5.41, 5.74) is 3.30. The molecule has 1 heterocycles. The van der Waals surface area contributed by atoms with Crippen LogP contribution in [0, 0.1) is 12.3 Å². The van der Waals surface area contributed by atoms with E-state index in [-0.39, 0.29) is 6.61 Å². The first-order valence-electron chi connectivity index (χ1n) is 4.20. The van der Waals surface area contributed by atoms with Crippen molar-refractivity contribution in [3.05, 3.63) is 11.9 Å². The van der Waals surface area contributed by atoms with Gasteiger partial charge in [0.25, 0.3) is 0 Å². The number of nitrogens with zero attached hydrogens (tertiary/aromatic N) is 2. The van der Waals surface area contributed by atoms with Gasteiger partial charge in [-0.3, -0.25) is 0 Å². The Balaban J connectivity index is 2.97. The number of anilines is 1. The van der Waals surface area contributed by atoms with Crippen molar-refractivity contribution >= 4 is 5.82 Å². The van der Waals surface area contributed by atoms with Gasteiger partial charge in [0.2, 0.25) is 5.88 Å². The third-order valence-corrected chi connectivity index (χ3v) is 1.69. The van der Waals surface area contributed by atoms with Crippen molar-refractivity contribution < 1.29 is 4.74 Å².